The van der Waals surface area contributed by atoms with Crippen LogP contribution in [0.5, 0.6) is 0 Å². The third-order valence-electron chi connectivity index (χ3n) is 1.98. The van der Waals surface area contributed by atoms with Crippen LogP contribution in [0.4, 0.5) is 8.78 Å². The molecule has 0 saturated carbocycles. The van der Waals surface area contributed by atoms with Crippen LogP contribution in [-0.4, -0.2) is 17.6 Å². The predicted octanol–water partition coefficient (Wildman–Crippen LogP) is 2.02. The average Bonchev–Trinajstić information content (AvgIpc) is 2.21. The van der Waals surface area contributed by atoms with E-state index < -0.39 is 29.9 Å². The molecule has 7 heteroatoms. The molecule has 0 unspecified atom stereocenters. The molecule has 0 aliphatic rings. The molecule has 1 aromatic heterocycles. The van der Waals surface area contributed by atoms with Gasteiger partial charge < -0.3 is 9.72 Å². The van der Waals surface area contributed by atoms with Crippen LogP contribution < -0.4 is 5.43 Å². The highest BCUT2D eigenvalue weighted by Crippen LogP contribution is 2.20. The highest BCUT2D eigenvalue weighted by molar-refractivity contribution is 14.1. The molecule has 0 fully saturated rings. The van der Waals surface area contributed by atoms with Gasteiger partial charge in [0.15, 0.2) is 5.43 Å². The maximum atomic E-state index is 12.7. The molecule has 0 radical (unpaired) electrons. The lowest BCUT2D eigenvalue weighted by Crippen LogP contribution is -2.20. The van der Waals surface area contributed by atoms with E-state index >= 15 is 0 Å². The van der Waals surface area contributed by atoms with E-state index in [0.29, 0.717) is 3.70 Å². The zero-order valence-corrected chi connectivity index (χ0v) is 11.1. The van der Waals surface area contributed by atoms with Crippen molar-refractivity contribution in [2.24, 2.45) is 0 Å². The van der Waals surface area contributed by atoms with Crippen molar-refractivity contribution in [3.63, 3.8) is 0 Å². The van der Waals surface area contributed by atoms with Gasteiger partial charge in [-0.15, -0.1) is 0 Å². The summed E-state index contributed by atoms with van der Waals surface area (Å²) in [5.74, 6) is -0.693. The maximum absolute atomic E-state index is 12.7. The number of ether oxygens (including phenoxy) is 1. The Bertz CT molecular complexity index is 473. The lowest BCUT2D eigenvalue weighted by atomic mass is 10.1. The third kappa shape index (κ3) is 3.76. The molecule has 0 atom stereocenters. The van der Waals surface area contributed by atoms with Crippen LogP contribution in [0.25, 0.3) is 0 Å². The van der Waals surface area contributed by atoms with Gasteiger partial charge in [-0.3, -0.25) is 9.59 Å². The summed E-state index contributed by atoms with van der Waals surface area (Å²) in [4.78, 5) is 25.1. The summed E-state index contributed by atoms with van der Waals surface area (Å²) in [5.41, 5.74) is -1.34. The summed E-state index contributed by atoms with van der Waals surface area (Å²) < 4.78 is 30.3. The first-order valence-electron chi connectivity index (χ1n) is 4.81. The number of nitrogens with one attached hydrogen (secondary N) is 1. The molecule has 0 spiro atoms. The quantitative estimate of drug-likeness (QED) is 0.510. The van der Waals surface area contributed by atoms with Crippen LogP contribution in [0.1, 0.15) is 24.6 Å². The predicted molar refractivity (Wildman–Crippen MR) is 65.1 cm³/mol. The van der Waals surface area contributed by atoms with Crippen LogP contribution in [0, 0.1) is 3.70 Å². The molecule has 1 N–H and O–H groups in total. The standard InChI is InChI=1S/C10H10F2INO3/c1-2-17-8(16)3-5-6(15)4-7(13)14-9(5)10(11)12/h4,10H,2-3H2,1H3,(H,14,15). The summed E-state index contributed by atoms with van der Waals surface area (Å²) >= 11 is 1.73. The zero-order valence-electron chi connectivity index (χ0n) is 8.93. The molecule has 0 bridgehead atoms. The summed E-state index contributed by atoms with van der Waals surface area (Å²) in [5, 5.41) is 0. The van der Waals surface area contributed by atoms with Gasteiger partial charge >= 0.3 is 5.97 Å². The normalized spacial score (nSPS) is 10.6. The van der Waals surface area contributed by atoms with Crippen LogP contribution >= 0.6 is 22.6 Å². The van der Waals surface area contributed by atoms with E-state index in [1.807, 2.05) is 0 Å². The number of rotatable bonds is 4. The smallest absolute Gasteiger partial charge is 0.310 e. The van der Waals surface area contributed by atoms with Crippen molar-refractivity contribution in [2.75, 3.05) is 6.61 Å². The van der Waals surface area contributed by atoms with Crippen molar-refractivity contribution < 1.29 is 18.3 Å². The Morgan fingerprint density at radius 1 is 1.59 bits per heavy atom. The van der Waals surface area contributed by atoms with E-state index in [-0.39, 0.29) is 12.2 Å². The van der Waals surface area contributed by atoms with Gasteiger partial charge in [-0.25, -0.2) is 8.78 Å². The first kappa shape index (κ1) is 14.1. The summed E-state index contributed by atoms with van der Waals surface area (Å²) in [6.45, 7) is 1.75. The van der Waals surface area contributed by atoms with Crippen molar-refractivity contribution in [2.45, 2.75) is 19.8 Å². The Balaban J connectivity index is 3.13. The maximum Gasteiger partial charge on any atom is 0.310 e. The molecule has 0 aliphatic carbocycles. The number of aromatic amines is 1. The van der Waals surface area contributed by atoms with Gasteiger partial charge in [0.25, 0.3) is 6.43 Å². The number of alkyl halides is 2. The molecule has 0 saturated heterocycles. The topological polar surface area (TPSA) is 59.2 Å². The Labute approximate surface area is 110 Å². The van der Waals surface area contributed by atoms with Crippen LogP contribution in [0.3, 0.4) is 0 Å². The minimum Gasteiger partial charge on any atom is -0.466 e. The van der Waals surface area contributed by atoms with E-state index in [9.17, 15) is 18.4 Å². The average molecular weight is 357 g/mol. The fourth-order valence-electron chi connectivity index (χ4n) is 1.30. The number of aromatic nitrogens is 1. The van der Waals surface area contributed by atoms with Gasteiger partial charge in [-0.2, -0.15) is 0 Å². The van der Waals surface area contributed by atoms with Gasteiger partial charge in [-0.05, 0) is 29.5 Å². The molecular weight excluding hydrogens is 347 g/mol. The number of pyridine rings is 1. The number of H-pyrrole nitrogens is 1. The summed E-state index contributed by atoms with van der Waals surface area (Å²) in [6.07, 6.45) is -3.28. The highest BCUT2D eigenvalue weighted by Gasteiger charge is 2.20. The van der Waals surface area contributed by atoms with Gasteiger partial charge in [-0.1, -0.05) is 0 Å². The van der Waals surface area contributed by atoms with Crippen molar-refractivity contribution in [1.29, 1.82) is 0 Å². The lowest BCUT2D eigenvalue weighted by molar-refractivity contribution is -0.142. The molecule has 1 rings (SSSR count). The number of halogens is 3. The summed E-state index contributed by atoms with van der Waals surface area (Å²) in [7, 11) is 0. The molecule has 1 heterocycles. The van der Waals surface area contributed by atoms with Crippen molar-refractivity contribution in [3.8, 4) is 0 Å². The molecule has 0 aliphatic heterocycles. The van der Waals surface area contributed by atoms with Crippen molar-refractivity contribution in [3.05, 3.63) is 31.2 Å². The van der Waals surface area contributed by atoms with Crippen LogP contribution in [0.15, 0.2) is 10.9 Å². The van der Waals surface area contributed by atoms with Crippen molar-refractivity contribution >= 4 is 28.6 Å². The molecular formula is C10H10F2INO3. The highest BCUT2D eigenvalue weighted by atomic mass is 127. The minimum absolute atomic E-state index is 0.144. The molecule has 94 valence electrons. The van der Waals surface area contributed by atoms with E-state index in [0.717, 1.165) is 0 Å². The van der Waals surface area contributed by atoms with E-state index in [2.05, 4.69) is 9.72 Å². The van der Waals surface area contributed by atoms with Gasteiger partial charge in [0, 0.05) is 11.6 Å². The van der Waals surface area contributed by atoms with E-state index in [4.69, 9.17) is 0 Å². The second kappa shape index (κ2) is 6.08. The Kier molecular flexibility index (Phi) is 5.03. The molecule has 0 aromatic carbocycles. The van der Waals surface area contributed by atoms with Crippen molar-refractivity contribution in [1.82, 2.24) is 4.98 Å². The second-order valence-electron chi connectivity index (χ2n) is 3.16. The van der Waals surface area contributed by atoms with Gasteiger partial charge in [0.1, 0.15) is 0 Å². The van der Waals surface area contributed by atoms with Crippen LogP contribution in [0.2, 0.25) is 0 Å². The largest absolute Gasteiger partial charge is 0.466 e. The number of hydrogen-bond acceptors (Lipinski definition) is 3. The monoisotopic (exact) mass is 357 g/mol. The number of carbonyl (C=O) groups is 1. The second-order valence-corrected chi connectivity index (χ2v) is 4.32. The summed E-state index contributed by atoms with van der Waals surface area (Å²) in [6, 6.07) is 1.17. The number of carbonyl (C=O) groups excluding carboxylic acids is 1. The molecule has 17 heavy (non-hydrogen) atoms. The fraction of sp³-hybridized carbons (Fsp3) is 0.400. The Morgan fingerprint density at radius 3 is 2.76 bits per heavy atom. The first-order chi connectivity index (χ1) is 7.95. The molecule has 1 aromatic rings. The number of esters is 1. The lowest BCUT2D eigenvalue weighted by Gasteiger charge is -2.08. The minimum atomic E-state index is -2.83. The Morgan fingerprint density at radius 2 is 2.24 bits per heavy atom. The molecule has 0 amide bonds. The number of hydrogen-bond donors (Lipinski definition) is 1. The third-order valence-corrected chi connectivity index (χ3v) is 2.56. The SMILES string of the molecule is CCOC(=O)Cc1c(C(F)F)[nH]c(I)cc1=O. The first-order valence-corrected chi connectivity index (χ1v) is 5.89. The Hall–Kier alpha value is -0.990. The zero-order chi connectivity index (χ0) is 13.0. The van der Waals surface area contributed by atoms with Gasteiger partial charge in [0.05, 0.1) is 22.4 Å². The fourth-order valence-corrected chi connectivity index (χ4v) is 1.87. The van der Waals surface area contributed by atoms with Crippen LogP contribution in [-0.2, 0) is 16.0 Å². The molecule has 4 nitrogen and oxygen atoms in total. The van der Waals surface area contributed by atoms with E-state index in [1.54, 1.807) is 29.5 Å². The van der Waals surface area contributed by atoms with E-state index in [1.165, 1.54) is 6.07 Å². The van der Waals surface area contributed by atoms with Gasteiger partial charge in [0.2, 0.25) is 0 Å².